The molecule has 3 N–H and O–H groups in total. The van der Waals surface area contributed by atoms with Crippen LogP contribution < -0.4 is 10.5 Å². The summed E-state index contributed by atoms with van der Waals surface area (Å²) < 4.78 is 5.88. The Hall–Kier alpha value is -1.55. The highest BCUT2D eigenvalue weighted by Crippen LogP contribution is 2.44. The van der Waals surface area contributed by atoms with E-state index in [1.165, 1.54) is 0 Å². The minimum Gasteiger partial charge on any atom is -0.487 e. The zero-order chi connectivity index (χ0) is 13.7. The zero-order valence-corrected chi connectivity index (χ0v) is 11.2. The second-order valence-electron chi connectivity index (χ2n) is 5.77. The van der Waals surface area contributed by atoms with Crippen molar-refractivity contribution in [2.75, 3.05) is 0 Å². The number of hydrogen-bond acceptors (Lipinski definition) is 3. The number of benzene rings is 1. The topological polar surface area (TPSA) is 72.5 Å². The quantitative estimate of drug-likeness (QED) is 0.799. The molecule has 98 valence electrons. The monoisotopic (exact) mass is 249 g/mol. The van der Waals surface area contributed by atoms with E-state index in [0.29, 0.717) is 11.3 Å². The SMILES string of the molecule is Cc1cc(C)c2c(c1)OC(C)(C)CC2(N)C(=O)O. The molecule has 1 unspecified atom stereocenters. The summed E-state index contributed by atoms with van der Waals surface area (Å²) in [7, 11) is 0. The van der Waals surface area contributed by atoms with Crippen LogP contribution in [0.3, 0.4) is 0 Å². The average Bonchev–Trinajstić information content (AvgIpc) is 2.12. The van der Waals surface area contributed by atoms with Gasteiger partial charge in [0, 0.05) is 12.0 Å². The van der Waals surface area contributed by atoms with Gasteiger partial charge in [-0.3, -0.25) is 0 Å². The zero-order valence-electron chi connectivity index (χ0n) is 11.2. The van der Waals surface area contributed by atoms with Crippen molar-refractivity contribution in [1.29, 1.82) is 0 Å². The van der Waals surface area contributed by atoms with Gasteiger partial charge in [-0.05, 0) is 44.9 Å². The van der Waals surface area contributed by atoms with Crippen LogP contribution in [-0.4, -0.2) is 16.7 Å². The predicted octanol–water partition coefficient (Wildman–Crippen LogP) is 2.10. The van der Waals surface area contributed by atoms with Gasteiger partial charge in [0.15, 0.2) is 0 Å². The predicted molar refractivity (Wildman–Crippen MR) is 68.7 cm³/mol. The fraction of sp³-hybridized carbons (Fsp3) is 0.500. The Morgan fingerprint density at radius 2 is 2.00 bits per heavy atom. The highest BCUT2D eigenvalue weighted by Gasteiger charge is 2.48. The fourth-order valence-corrected chi connectivity index (χ4v) is 2.86. The highest BCUT2D eigenvalue weighted by molar-refractivity contribution is 5.83. The molecular formula is C14H19NO3. The van der Waals surface area contributed by atoms with Crippen molar-refractivity contribution >= 4 is 5.97 Å². The largest absolute Gasteiger partial charge is 0.487 e. The molecule has 0 spiro atoms. The van der Waals surface area contributed by atoms with Gasteiger partial charge in [-0.2, -0.15) is 0 Å². The lowest BCUT2D eigenvalue weighted by Gasteiger charge is -2.42. The minimum atomic E-state index is -1.38. The van der Waals surface area contributed by atoms with Crippen molar-refractivity contribution in [3.63, 3.8) is 0 Å². The summed E-state index contributed by atoms with van der Waals surface area (Å²) in [6, 6.07) is 3.79. The molecule has 1 heterocycles. The summed E-state index contributed by atoms with van der Waals surface area (Å²) in [6.07, 6.45) is 0.256. The maximum absolute atomic E-state index is 11.6. The van der Waals surface area contributed by atoms with Crippen molar-refractivity contribution in [1.82, 2.24) is 0 Å². The molecule has 0 bridgehead atoms. The molecule has 0 amide bonds. The molecule has 1 aliphatic rings. The van der Waals surface area contributed by atoms with Crippen molar-refractivity contribution in [3.05, 3.63) is 28.8 Å². The molecule has 2 rings (SSSR count). The number of carboxylic acid groups (broad SMARTS) is 1. The molecule has 0 saturated heterocycles. The summed E-state index contributed by atoms with van der Waals surface area (Å²) in [4.78, 5) is 11.6. The van der Waals surface area contributed by atoms with Gasteiger partial charge in [0.05, 0.1) is 0 Å². The number of aliphatic carboxylic acids is 1. The van der Waals surface area contributed by atoms with E-state index in [1.54, 1.807) is 0 Å². The Balaban J connectivity index is 2.72. The maximum atomic E-state index is 11.6. The Morgan fingerprint density at radius 1 is 1.39 bits per heavy atom. The van der Waals surface area contributed by atoms with E-state index < -0.39 is 17.1 Å². The molecule has 1 aliphatic heterocycles. The van der Waals surface area contributed by atoms with E-state index in [4.69, 9.17) is 10.5 Å². The first kappa shape index (κ1) is 12.9. The van der Waals surface area contributed by atoms with E-state index in [0.717, 1.165) is 11.1 Å². The summed E-state index contributed by atoms with van der Waals surface area (Å²) in [6.45, 7) is 7.55. The van der Waals surface area contributed by atoms with Gasteiger partial charge in [-0.25, -0.2) is 4.79 Å². The summed E-state index contributed by atoms with van der Waals surface area (Å²) >= 11 is 0. The third-order valence-electron chi connectivity index (χ3n) is 3.36. The summed E-state index contributed by atoms with van der Waals surface area (Å²) in [5, 5.41) is 9.49. The normalized spacial score (nSPS) is 25.2. The van der Waals surface area contributed by atoms with Gasteiger partial charge >= 0.3 is 5.97 Å². The molecule has 1 aromatic carbocycles. The van der Waals surface area contributed by atoms with Crippen LogP contribution in [0.5, 0.6) is 5.75 Å². The molecule has 0 radical (unpaired) electrons. The molecule has 0 aromatic heterocycles. The lowest BCUT2D eigenvalue weighted by atomic mass is 9.76. The third kappa shape index (κ3) is 1.86. The second-order valence-corrected chi connectivity index (χ2v) is 5.77. The van der Waals surface area contributed by atoms with Crippen LogP contribution in [0, 0.1) is 13.8 Å². The van der Waals surface area contributed by atoms with E-state index in [9.17, 15) is 9.90 Å². The highest BCUT2D eigenvalue weighted by atomic mass is 16.5. The van der Waals surface area contributed by atoms with Crippen LogP contribution in [0.25, 0.3) is 0 Å². The number of carboxylic acids is 1. The van der Waals surface area contributed by atoms with Crippen molar-refractivity contribution < 1.29 is 14.6 Å². The third-order valence-corrected chi connectivity index (χ3v) is 3.36. The van der Waals surface area contributed by atoms with Crippen molar-refractivity contribution in [3.8, 4) is 5.75 Å². The Labute approximate surface area is 107 Å². The number of aryl methyl sites for hydroxylation is 2. The molecule has 4 heteroatoms. The number of nitrogens with two attached hydrogens (primary N) is 1. The molecule has 18 heavy (non-hydrogen) atoms. The van der Waals surface area contributed by atoms with Crippen LogP contribution >= 0.6 is 0 Å². The van der Waals surface area contributed by atoms with E-state index in [2.05, 4.69) is 0 Å². The summed E-state index contributed by atoms with van der Waals surface area (Å²) in [5.41, 5.74) is 6.70. The van der Waals surface area contributed by atoms with Crippen LogP contribution in [0.2, 0.25) is 0 Å². The van der Waals surface area contributed by atoms with E-state index >= 15 is 0 Å². The van der Waals surface area contributed by atoms with Gasteiger partial charge in [0.25, 0.3) is 0 Å². The first-order chi connectivity index (χ1) is 8.16. The minimum absolute atomic E-state index is 0.256. The van der Waals surface area contributed by atoms with Gasteiger partial charge in [0.2, 0.25) is 0 Å². The molecule has 4 nitrogen and oxygen atoms in total. The van der Waals surface area contributed by atoms with Crippen LogP contribution in [0.4, 0.5) is 0 Å². The summed E-state index contributed by atoms with van der Waals surface area (Å²) in [5.74, 6) is -0.416. The Morgan fingerprint density at radius 3 is 2.56 bits per heavy atom. The first-order valence-corrected chi connectivity index (χ1v) is 5.99. The Bertz CT molecular complexity index is 522. The number of rotatable bonds is 1. The maximum Gasteiger partial charge on any atom is 0.328 e. The van der Waals surface area contributed by atoms with E-state index in [1.807, 2.05) is 39.8 Å². The lowest BCUT2D eigenvalue weighted by Crippen LogP contribution is -2.54. The number of fused-ring (bicyclic) bond motifs is 1. The van der Waals surface area contributed by atoms with Crippen LogP contribution in [0.15, 0.2) is 12.1 Å². The first-order valence-electron chi connectivity index (χ1n) is 5.99. The lowest BCUT2D eigenvalue weighted by molar-refractivity contribution is -0.147. The fourth-order valence-electron chi connectivity index (χ4n) is 2.86. The number of carbonyl (C=O) groups is 1. The second kappa shape index (κ2) is 3.72. The Kier molecular flexibility index (Phi) is 2.66. The average molecular weight is 249 g/mol. The van der Waals surface area contributed by atoms with Crippen LogP contribution in [-0.2, 0) is 10.3 Å². The molecular weight excluding hydrogens is 230 g/mol. The molecule has 1 aromatic rings. The van der Waals surface area contributed by atoms with Crippen molar-refractivity contribution in [2.24, 2.45) is 5.73 Å². The molecule has 0 fully saturated rings. The van der Waals surface area contributed by atoms with Gasteiger partial charge < -0.3 is 15.6 Å². The van der Waals surface area contributed by atoms with Crippen LogP contribution in [0.1, 0.15) is 37.0 Å². The van der Waals surface area contributed by atoms with E-state index in [-0.39, 0.29) is 6.42 Å². The molecule has 0 saturated carbocycles. The number of ether oxygens (including phenoxy) is 1. The molecule has 0 aliphatic carbocycles. The van der Waals surface area contributed by atoms with Gasteiger partial charge in [0.1, 0.15) is 16.9 Å². The van der Waals surface area contributed by atoms with Crippen molar-refractivity contribution in [2.45, 2.75) is 45.3 Å². The van der Waals surface area contributed by atoms with Gasteiger partial charge in [-0.15, -0.1) is 0 Å². The smallest absolute Gasteiger partial charge is 0.328 e. The number of hydrogen-bond donors (Lipinski definition) is 2. The standard InChI is InChI=1S/C14H19NO3/c1-8-5-9(2)11-10(6-8)18-13(3,4)7-14(11,15)12(16)17/h5-6H,7,15H2,1-4H3,(H,16,17). The molecule has 1 atom stereocenters. The van der Waals surface area contributed by atoms with Gasteiger partial charge in [-0.1, -0.05) is 6.07 Å².